The van der Waals surface area contributed by atoms with Crippen molar-refractivity contribution >= 4 is 9.84 Å². The number of fused-ring (bicyclic) bond motifs is 1. The molecule has 2 aromatic carbocycles. The highest BCUT2D eigenvalue weighted by atomic mass is 32.2. The van der Waals surface area contributed by atoms with Crippen LogP contribution in [-0.2, 0) is 22.7 Å². The molecule has 24 heavy (non-hydrogen) atoms. The maximum atomic E-state index is 13.8. The molecule has 0 aliphatic heterocycles. The molecule has 0 unspecified atom stereocenters. The maximum absolute atomic E-state index is 13.8. The number of benzene rings is 2. The summed E-state index contributed by atoms with van der Waals surface area (Å²) in [6.45, 7) is 0. The van der Waals surface area contributed by atoms with Gasteiger partial charge in [-0.2, -0.15) is 0 Å². The van der Waals surface area contributed by atoms with Crippen molar-refractivity contribution in [3.05, 3.63) is 53.1 Å². The van der Waals surface area contributed by atoms with Crippen LogP contribution in [0.4, 0.5) is 17.6 Å². The summed E-state index contributed by atoms with van der Waals surface area (Å²) >= 11 is 0. The third kappa shape index (κ3) is 3.24. The van der Waals surface area contributed by atoms with Crippen LogP contribution >= 0.6 is 0 Å². The predicted molar refractivity (Wildman–Crippen MR) is 78.3 cm³/mol. The van der Waals surface area contributed by atoms with Gasteiger partial charge >= 0.3 is 0 Å². The SMILES string of the molecule is CS(=O)(=O)c1ccc(Oc2cc(F)cc(F)c2)c2c1CC(F)(F)C2. The largest absolute Gasteiger partial charge is 0.457 e. The molecule has 0 radical (unpaired) electrons. The summed E-state index contributed by atoms with van der Waals surface area (Å²) in [5.41, 5.74) is 0.0180. The Labute approximate surface area is 135 Å². The summed E-state index contributed by atoms with van der Waals surface area (Å²) in [7, 11) is -3.69. The molecule has 8 heteroatoms. The second kappa shape index (κ2) is 5.47. The Bertz CT molecular complexity index is 903. The average molecular weight is 360 g/mol. The molecule has 0 N–H and O–H groups in total. The second-order valence-electron chi connectivity index (χ2n) is 5.71. The lowest BCUT2D eigenvalue weighted by atomic mass is 10.1. The number of rotatable bonds is 3. The molecule has 1 aliphatic rings. The monoisotopic (exact) mass is 360 g/mol. The molecule has 0 amide bonds. The summed E-state index contributed by atoms with van der Waals surface area (Å²) in [5.74, 6) is -5.09. The number of hydrogen-bond donors (Lipinski definition) is 0. The van der Waals surface area contributed by atoms with Crippen molar-refractivity contribution in [2.24, 2.45) is 0 Å². The van der Waals surface area contributed by atoms with Crippen LogP contribution in [0.3, 0.4) is 0 Å². The van der Waals surface area contributed by atoms with Crippen LogP contribution in [0.1, 0.15) is 11.1 Å². The van der Waals surface area contributed by atoms with E-state index < -0.39 is 40.2 Å². The van der Waals surface area contributed by atoms with E-state index in [-0.39, 0.29) is 27.5 Å². The molecule has 3 rings (SSSR count). The highest BCUT2D eigenvalue weighted by Gasteiger charge is 2.41. The van der Waals surface area contributed by atoms with Gasteiger partial charge in [0.15, 0.2) is 9.84 Å². The lowest BCUT2D eigenvalue weighted by Crippen LogP contribution is -2.15. The van der Waals surface area contributed by atoms with Gasteiger partial charge in [-0.3, -0.25) is 0 Å². The zero-order chi connectivity index (χ0) is 17.7. The van der Waals surface area contributed by atoms with Gasteiger partial charge in [-0.1, -0.05) is 0 Å². The van der Waals surface area contributed by atoms with Crippen LogP contribution < -0.4 is 4.74 Å². The molecule has 0 spiro atoms. The second-order valence-corrected chi connectivity index (χ2v) is 7.69. The van der Waals surface area contributed by atoms with E-state index in [1.807, 2.05) is 0 Å². The lowest BCUT2D eigenvalue weighted by molar-refractivity contribution is 0.0125. The molecule has 0 aromatic heterocycles. The fraction of sp³-hybridized carbons (Fsp3) is 0.250. The summed E-state index contributed by atoms with van der Waals surface area (Å²) in [4.78, 5) is -0.188. The Morgan fingerprint density at radius 1 is 1.00 bits per heavy atom. The van der Waals surface area contributed by atoms with E-state index in [2.05, 4.69) is 0 Å². The van der Waals surface area contributed by atoms with Crippen molar-refractivity contribution in [3.63, 3.8) is 0 Å². The fourth-order valence-corrected chi connectivity index (χ4v) is 3.73. The van der Waals surface area contributed by atoms with Gasteiger partial charge in [0.05, 0.1) is 4.90 Å². The summed E-state index contributed by atoms with van der Waals surface area (Å²) in [6.07, 6.45) is -0.486. The van der Waals surface area contributed by atoms with Crippen LogP contribution in [0.2, 0.25) is 0 Å². The van der Waals surface area contributed by atoms with Crippen LogP contribution in [0, 0.1) is 11.6 Å². The Hall–Kier alpha value is -2.09. The summed E-state index contributed by atoms with van der Waals surface area (Å²) < 4.78 is 82.9. The van der Waals surface area contributed by atoms with Gasteiger partial charge < -0.3 is 4.74 Å². The molecule has 128 valence electrons. The zero-order valence-corrected chi connectivity index (χ0v) is 13.3. The minimum Gasteiger partial charge on any atom is -0.457 e. The standard InChI is InChI=1S/C16H12F4O3S/c1-24(21,22)15-3-2-14(12-7-16(19,20)8-13(12)15)23-11-5-9(17)4-10(18)6-11/h2-6H,7-8H2,1H3. The Kier molecular flexibility index (Phi) is 3.82. The van der Waals surface area contributed by atoms with Crippen LogP contribution in [-0.4, -0.2) is 20.6 Å². The third-order valence-corrected chi connectivity index (χ3v) is 4.86. The van der Waals surface area contributed by atoms with Gasteiger partial charge in [-0.05, 0) is 17.7 Å². The first kappa shape index (κ1) is 16.8. The van der Waals surface area contributed by atoms with E-state index >= 15 is 0 Å². The normalized spacial score (nSPS) is 16.0. The molecule has 0 atom stereocenters. The smallest absolute Gasteiger partial charge is 0.256 e. The van der Waals surface area contributed by atoms with Crippen LogP contribution in [0.15, 0.2) is 35.2 Å². The van der Waals surface area contributed by atoms with Gasteiger partial charge in [0.1, 0.15) is 23.1 Å². The highest BCUT2D eigenvalue weighted by molar-refractivity contribution is 7.90. The Morgan fingerprint density at radius 2 is 1.58 bits per heavy atom. The molecule has 0 saturated carbocycles. The molecule has 0 fully saturated rings. The number of halogens is 4. The van der Waals surface area contributed by atoms with Gasteiger partial charge in [0.2, 0.25) is 0 Å². The topological polar surface area (TPSA) is 43.4 Å². The molecular formula is C16H12F4O3S. The van der Waals surface area contributed by atoms with Crippen molar-refractivity contribution in [2.75, 3.05) is 6.26 Å². The first-order chi connectivity index (χ1) is 11.0. The maximum Gasteiger partial charge on any atom is 0.256 e. The molecular weight excluding hydrogens is 348 g/mol. The van der Waals surface area contributed by atoms with E-state index in [0.29, 0.717) is 6.07 Å². The highest BCUT2D eigenvalue weighted by Crippen LogP contribution is 2.43. The van der Waals surface area contributed by atoms with E-state index in [1.165, 1.54) is 12.1 Å². The van der Waals surface area contributed by atoms with Crippen LogP contribution in [0.25, 0.3) is 0 Å². The number of alkyl halides is 2. The van der Waals surface area contributed by atoms with E-state index in [1.54, 1.807) is 0 Å². The predicted octanol–water partition coefficient (Wildman–Crippen LogP) is 3.89. The fourth-order valence-electron chi connectivity index (χ4n) is 2.77. The molecule has 3 nitrogen and oxygen atoms in total. The summed E-state index contributed by atoms with van der Waals surface area (Å²) in [5, 5.41) is 0. The molecule has 0 heterocycles. The average Bonchev–Trinajstić information content (AvgIpc) is 2.71. The minimum atomic E-state index is -3.69. The third-order valence-electron chi connectivity index (χ3n) is 3.68. The molecule has 0 saturated heterocycles. The van der Waals surface area contributed by atoms with Gasteiger partial charge in [0.25, 0.3) is 5.92 Å². The van der Waals surface area contributed by atoms with Gasteiger partial charge in [-0.15, -0.1) is 0 Å². The van der Waals surface area contributed by atoms with Crippen molar-refractivity contribution < 1.29 is 30.7 Å². The van der Waals surface area contributed by atoms with E-state index in [4.69, 9.17) is 4.74 Å². The number of sulfone groups is 1. The Morgan fingerprint density at radius 3 is 2.17 bits per heavy atom. The lowest BCUT2D eigenvalue weighted by Gasteiger charge is -2.13. The number of hydrogen-bond acceptors (Lipinski definition) is 3. The molecule has 1 aliphatic carbocycles. The van der Waals surface area contributed by atoms with Crippen LogP contribution in [0.5, 0.6) is 11.5 Å². The minimum absolute atomic E-state index is 0.0168. The molecule has 0 bridgehead atoms. The van der Waals surface area contributed by atoms with Crippen molar-refractivity contribution in [1.82, 2.24) is 0 Å². The quantitative estimate of drug-likeness (QED) is 0.780. The number of ether oxygens (including phenoxy) is 1. The van der Waals surface area contributed by atoms with Crippen molar-refractivity contribution in [3.8, 4) is 11.5 Å². The van der Waals surface area contributed by atoms with Crippen molar-refractivity contribution in [1.29, 1.82) is 0 Å². The van der Waals surface area contributed by atoms with Crippen molar-refractivity contribution in [2.45, 2.75) is 23.7 Å². The van der Waals surface area contributed by atoms with Gasteiger partial charge in [-0.25, -0.2) is 26.0 Å². The Balaban J connectivity index is 2.09. The van der Waals surface area contributed by atoms with E-state index in [0.717, 1.165) is 18.4 Å². The first-order valence-electron chi connectivity index (χ1n) is 6.92. The molecule has 2 aromatic rings. The van der Waals surface area contributed by atoms with Gasteiger partial charge in [0, 0.05) is 42.9 Å². The summed E-state index contributed by atoms with van der Waals surface area (Å²) in [6, 6.07) is 4.86. The van der Waals surface area contributed by atoms with E-state index in [9.17, 15) is 26.0 Å². The zero-order valence-electron chi connectivity index (χ0n) is 12.4. The first-order valence-corrected chi connectivity index (χ1v) is 8.81.